The summed E-state index contributed by atoms with van der Waals surface area (Å²) in [6.45, 7) is 1.75. The number of hydrogen-bond donors (Lipinski definition) is 2. The number of urea groups is 1. The highest BCUT2D eigenvalue weighted by Gasteiger charge is 2.29. The van der Waals surface area contributed by atoms with E-state index in [0.717, 1.165) is 12.1 Å². The molecule has 0 aromatic heterocycles. The Labute approximate surface area is 130 Å². The van der Waals surface area contributed by atoms with E-state index >= 15 is 0 Å². The molecular formula is C15H12ClF3N2O. The zero-order valence-corrected chi connectivity index (χ0v) is 12.2. The van der Waals surface area contributed by atoms with E-state index < -0.39 is 17.8 Å². The predicted molar refractivity (Wildman–Crippen MR) is 80.3 cm³/mol. The second-order valence-corrected chi connectivity index (χ2v) is 4.97. The van der Waals surface area contributed by atoms with Crippen LogP contribution in [0, 0.1) is 6.92 Å². The molecular weight excluding hydrogens is 317 g/mol. The van der Waals surface area contributed by atoms with Gasteiger partial charge in [0.1, 0.15) is 0 Å². The van der Waals surface area contributed by atoms with E-state index in [2.05, 4.69) is 10.6 Å². The Morgan fingerprint density at radius 3 is 2.27 bits per heavy atom. The molecule has 0 saturated carbocycles. The maximum absolute atomic E-state index is 12.4. The number of amides is 2. The van der Waals surface area contributed by atoms with Crippen molar-refractivity contribution in [3.8, 4) is 0 Å². The molecule has 2 amide bonds. The van der Waals surface area contributed by atoms with Gasteiger partial charge in [-0.15, -0.1) is 0 Å². The summed E-state index contributed by atoms with van der Waals surface area (Å²) in [5.41, 5.74) is 0.706. The zero-order valence-electron chi connectivity index (χ0n) is 11.5. The SMILES string of the molecule is Cc1c(Cl)cccc1NC(=O)Nc1ccc(C(F)(F)F)cc1. The van der Waals surface area contributed by atoms with Crippen molar-refractivity contribution in [3.05, 3.63) is 58.6 Å². The summed E-state index contributed by atoms with van der Waals surface area (Å²) in [5, 5.41) is 5.55. The van der Waals surface area contributed by atoms with Gasteiger partial charge in [-0.1, -0.05) is 17.7 Å². The fraction of sp³-hybridized carbons (Fsp3) is 0.133. The molecule has 0 spiro atoms. The molecule has 0 heterocycles. The summed E-state index contributed by atoms with van der Waals surface area (Å²) < 4.78 is 37.3. The zero-order chi connectivity index (χ0) is 16.3. The molecule has 0 aliphatic rings. The van der Waals surface area contributed by atoms with Gasteiger partial charge < -0.3 is 10.6 Å². The number of carbonyl (C=O) groups is 1. The molecule has 0 saturated heterocycles. The third kappa shape index (κ3) is 3.92. The van der Waals surface area contributed by atoms with Crippen LogP contribution in [0.1, 0.15) is 11.1 Å². The molecule has 22 heavy (non-hydrogen) atoms. The van der Waals surface area contributed by atoms with Crippen LogP contribution in [0.5, 0.6) is 0 Å². The van der Waals surface area contributed by atoms with Crippen LogP contribution in [0.3, 0.4) is 0 Å². The molecule has 0 atom stereocenters. The topological polar surface area (TPSA) is 41.1 Å². The first-order chi connectivity index (χ1) is 10.3. The number of alkyl halides is 3. The average Bonchev–Trinajstić information content (AvgIpc) is 2.43. The van der Waals surface area contributed by atoms with Crippen molar-refractivity contribution in [2.45, 2.75) is 13.1 Å². The van der Waals surface area contributed by atoms with Gasteiger partial charge in [0.05, 0.1) is 5.56 Å². The minimum atomic E-state index is -4.40. The van der Waals surface area contributed by atoms with Crippen molar-refractivity contribution in [3.63, 3.8) is 0 Å². The Bertz CT molecular complexity index is 684. The van der Waals surface area contributed by atoms with Crippen molar-refractivity contribution >= 4 is 29.0 Å². The Balaban J connectivity index is 2.05. The number of nitrogens with one attached hydrogen (secondary N) is 2. The molecule has 0 aliphatic carbocycles. The van der Waals surface area contributed by atoms with Gasteiger partial charge >= 0.3 is 12.2 Å². The van der Waals surface area contributed by atoms with Gasteiger partial charge in [0.15, 0.2) is 0 Å². The number of benzene rings is 2. The fourth-order valence-electron chi connectivity index (χ4n) is 1.77. The van der Waals surface area contributed by atoms with Crippen LogP contribution in [-0.4, -0.2) is 6.03 Å². The smallest absolute Gasteiger partial charge is 0.308 e. The van der Waals surface area contributed by atoms with Crippen LogP contribution in [0.25, 0.3) is 0 Å². The highest BCUT2D eigenvalue weighted by molar-refractivity contribution is 6.31. The Morgan fingerprint density at radius 2 is 1.68 bits per heavy atom. The molecule has 2 aromatic carbocycles. The minimum Gasteiger partial charge on any atom is -0.308 e. The van der Waals surface area contributed by atoms with E-state index in [9.17, 15) is 18.0 Å². The van der Waals surface area contributed by atoms with Gasteiger partial charge in [-0.3, -0.25) is 0 Å². The van der Waals surface area contributed by atoms with Crippen molar-refractivity contribution in [1.29, 1.82) is 0 Å². The molecule has 0 fully saturated rings. The van der Waals surface area contributed by atoms with Gasteiger partial charge in [0, 0.05) is 16.4 Å². The molecule has 2 N–H and O–H groups in total. The molecule has 3 nitrogen and oxygen atoms in total. The normalized spacial score (nSPS) is 11.1. The summed E-state index contributed by atoms with van der Waals surface area (Å²) in [4.78, 5) is 11.8. The van der Waals surface area contributed by atoms with Crippen LogP contribution in [0.2, 0.25) is 5.02 Å². The van der Waals surface area contributed by atoms with Crippen LogP contribution in [0.4, 0.5) is 29.3 Å². The van der Waals surface area contributed by atoms with Gasteiger partial charge in [0.25, 0.3) is 0 Å². The Hall–Kier alpha value is -2.21. The maximum atomic E-state index is 12.4. The number of hydrogen-bond acceptors (Lipinski definition) is 1. The predicted octanol–water partition coefficient (Wildman–Crippen LogP) is 5.31. The summed E-state index contributed by atoms with van der Waals surface area (Å²) in [6, 6.07) is 8.66. The van der Waals surface area contributed by atoms with Crippen LogP contribution >= 0.6 is 11.6 Å². The second kappa shape index (κ2) is 6.27. The van der Waals surface area contributed by atoms with Crippen LogP contribution < -0.4 is 10.6 Å². The number of carbonyl (C=O) groups excluding carboxylic acids is 1. The van der Waals surface area contributed by atoms with E-state index in [0.29, 0.717) is 16.3 Å². The number of anilines is 2. The van der Waals surface area contributed by atoms with E-state index in [4.69, 9.17) is 11.6 Å². The standard InChI is InChI=1S/C15H12ClF3N2O/c1-9-12(16)3-2-4-13(9)21-14(22)20-11-7-5-10(6-8-11)15(17,18)19/h2-8H,1H3,(H2,20,21,22). The molecule has 2 rings (SSSR count). The lowest BCUT2D eigenvalue weighted by atomic mass is 10.2. The molecule has 0 bridgehead atoms. The highest BCUT2D eigenvalue weighted by atomic mass is 35.5. The lowest BCUT2D eigenvalue weighted by molar-refractivity contribution is -0.137. The quantitative estimate of drug-likeness (QED) is 0.770. The van der Waals surface area contributed by atoms with Gasteiger partial charge in [0.2, 0.25) is 0 Å². The monoisotopic (exact) mass is 328 g/mol. The molecule has 116 valence electrons. The summed E-state index contributed by atoms with van der Waals surface area (Å²) in [7, 11) is 0. The second-order valence-electron chi connectivity index (χ2n) is 4.57. The number of rotatable bonds is 2. The molecule has 7 heteroatoms. The van der Waals surface area contributed by atoms with Gasteiger partial charge in [-0.05, 0) is 48.9 Å². The van der Waals surface area contributed by atoms with Gasteiger partial charge in [-0.25, -0.2) is 4.79 Å². The van der Waals surface area contributed by atoms with Crippen molar-refractivity contribution in [2.24, 2.45) is 0 Å². The minimum absolute atomic E-state index is 0.255. The van der Waals surface area contributed by atoms with Gasteiger partial charge in [-0.2, -0.15) is 13.2 Å². The fourth-order valence-corrected chi connectivity index (χ4v) is 1.94. The largest absolute Gasteiger partial charge is 0.416 e. The summed E-state index contributed by atoms with van der Waals surface area (Å²) >= 11 is 5.94. The van der Waals surface area contributed by atoms with E-state index in [1.165, 1.54) is 12.1 Å². The molecule has 0 unspecified atom stereocenters. The van der Waals surface area contributed by atoms with Crippen molar-refractivity contribution < 1.29 is 18.0 Å². The van der Waals surface area contributed by atoms with E-state index in [-0.39, 0.29) is 5.69 Å². The van der Waals surface area contributed by atoms with Crippen LogP contribution in [0.15, 0.2) is 42.5 Å². The average molecular weight is 329 g/mol. The molecule has 0 radical (unpaired) electrons. The van der Waals surface area contributed by atoms with Crippen molar-refractivity contribution in [1.82, 2.24) is 0 Å². The first-order valence-corrected chi connectivity index (χ1v) is 6.65. The lowest BCUT2D eigenvalue weighted by Crippen LogP contribution is -2.20. The Kier molecular flexibility index (Phi) is 4.61. The summed E-state index contributed by atoms with van der Waals surface area (Å²) in [5.74, 6) is 0. The third-order valence-electron chi connectivity index (χ3n) is 2.99. The molecule has 0 aliphatic heterocycles. The summed E-state index contributed by atoms with van der Waals surface area (Å²) in [6.07, 6.45) is -4.40. The van der Waals surface area contributed by atoms with E-state index in [1.807, 2.05) is 0 Å². The first kappa shape index (κ1) is 16.2. The first-order valence-electron chi connectivity index (χ1n) is 6.28. The molecule has 2 aromatic rings. The highest BCUT2D eigenvalue weighted by Crippen LogP contribution is 2.30. The van der Waals surface area contributed by atoms with Crippen molar-refractivity contribution in [2.75, 3.05) is 10.6 Å². The Morgan fingerprint density at radius 1 is 1.05 bits per heavy atom. The lowest BCUT2D eigenvalue weighted by Gasteiger charge is -2.11. The maximum Gasteiger partial charge on any atom is 0.416 e. The number of halogens is 4. The van der Waals surface area contributed by atoms with E-state index in [1.54, 1.807) is 25.1 Å². The third-order valence-corrected chi connectivity index (χ3v) is 3.40. The van der Waals surface area contributed by atoms with Crippen LogP contribution in [-0.2, 0) is 6.18 Å².